The van der Waals surface area contributed by atoms with Crippen molar-refractivity contribution in [3.8, 4) is 0 Å². The molecule has 0 saturated carbocycles. The van der Waals surface area contributed by atoms with Crippen molar-refractivity contribution in [2.75, 3.05) is 39.2 Å². The summed E-state index contributed by atoms with van der Waals surface area (Å²) >= 11 is 5.95. The predicted molar refractivity (Wildman–Crippen MR) is 342 cm³/mol. The third-order valence-corrected chi connectivity index (χ3v) is 15.4. The number of ether oxygens (including phenoxy) is 2. The second-order valence-electron chi connectivity index (χ2n) is 22.8. The van der Waals surface area contributed by atoms with Crippen molar-refractivity contribution in [2.45, 2.75) is 215 Å². The molecule has 21 N–H and O–H groups in total. The molecule has 1 aliphatic heterocycles. The topological polar surface area (TPSA) is 540 Å². The van der Waals surface area contributed by atoms with Crippen LogP contribution >= 0.6 is 11.6 Å². The molecule has 1 heterocycles. The normalized spacial score (nSPS) is 23.1. The number of carboxylic acids is 1. The van der Waals surface area contributed by atoms with Gasteiger partial charge in [0, 0.05) is 6.42 Å². The fourth-order valence-electron chi connectivity index (χ4n) is 9.68. The van der Waals surface area contributed by atoms with E-state index in [1.54, 1.807) is 30.3 Å². The van der Waals surface area contributed by atoms with Crippen LogP contribution in [0, 0.1) is 0 Å². The molecular weight excluding hydrogens is 1270 g/mol. The Hall–Kier alpha value is -7.92. The molecule has 33 nitrogen and oxygen atoms in total. The molecule has 10 amide bonds. The number of aliphatic carboxylic acids is 1. The minimum atomic E-state index is -2.80. The highest BCUT2D eigenvalue weighted by molar-refractivity contribution is 6.18. The minimum Gasteiger partial charge on any atom is -0.479 e. The summed E-state index contributed by atoms with van der Waals surface area (Å²) in [5.41, 5.74) is 17.3. The highest BCUT2D eigenvalue weighted by atomic mass is 35.5. The van der Waals surface area contributed by atoms with E-state index in [9.17, 15) is 87.9 Å². The van der Waals surface area contributed by atoms with E-state index in [1.807, 2.05) is 0 Å². The van der Waals surface area contributed by atoms with Gasteiger partial charge in [0.2, 0.25) is 53.2 Å². The molecule has 1 fully saturated rings. The second kappa shape index (κ2) is 45.5. The van der Waals surface area contributed by atoms with Gasteiger partial charge < -0.3 is 105 Å². The number of hydrogen-bond donors (Lipinski definition) is 18. The van der Waals surface area contributed by atoms with E-state index in [0.29, 0.717) is 12.0 Å². The molecule has 0 radical (unpaired) electrons. The molecule has 95 heavy (non-hydrogen) atoms. The number of carbonyl (C=O) groups is 13. The first-order valence-corrected chi connectivity index (χ1v) is 32.3. The number of nitrogens with two attached hydrogens (primary N) is 3. The summed E-state index contributed by atoms with van der Waals surface area (Å²) in [5.74, 6) is -18.1. The van der Waals surface area contributed by atoms with E-state index >= 15 is 0 Å². The van der Waals surface area contributed by atoms with Gasteiger partial charge in [-0.15, -0.1) is 11.6 Å². The molecule has 6 unspecified atom stereocenters. The predicted octanol–water partition coefficient (Wildman–Crippen LogP) is -4.34. The van der Waals surface area contributed by atoms with Crippen LogP contribution in [0.2, 0.25) is 0 Å². The monoisotopic (exact) mass is 1370 g/mol. The van der Waals surface area contributed by atoms with Gasteiger partial charge in [-0.25, -0.2) is 14.4 Å². The maximum Gasteiger partial charge on any atom is 0.335 e. The fourth-order valence-corrected chi connectivity index (χ4v) is 9.85. The molecular formula is C61H98ClN13O20. The fraction of sp³-hybridized carbons (Fsp3) is 0.656. The van der Waals surface area contributed by atoms with Crippen LogP contribution in [0.3, 0.4) is 0 Å². The maximum absolute atomic E-state index is 14.7. The molecule has 1 aliphatic rings. The molecule has 0 spiro atoms. The highest BCUT2D eigenvalue weighted by Crippen LogP contribution is 2.15. The van der Waals surface area contributed by atoms with Crippen molar-refractivity contribution >= 4 is 88.6 Å². The molecule has 0 aromatic heterocycles. The van der Waals surface area contributed by atoms with Crippen molar-refractivity contribution < 1.29 is 97.3 Å². The Morgan fingerprint density at radius 3 is 1.74 bits per heavy atom. The number of amides is 10. The van der Waals surface area contributed by atoms with Gasteiger partial charge in [-0.2, -0.15) is 0 Å². The number of halogens is 1. The summed E-state index contributed by atoms with van der Waals surface area (Å²) in [6.45, 7) is 2.49. The lowest BCUT2D eigenvalue weighted by Gasteiger charge is -2.29. The number of unbranched alkanes of at least 4 members (excludes halogenated alkanes) is 9. The number of hydrogen-bond acceptors (Lipinski definition) is 22. The van der Waals surface area contributed by atoms with Gasteiger partial charge in [0.05, 0.1) is 44.1 Å². The minimum absolute atomic E-state index is 0.0197. The molecule has 1 aromatic rings. The van der Waals surface area contributed by atoms with Crippen molar-refractivity contribution in [3.63, 3.8) is 0 Å². The van der Waals surface area contributed by atoms with Crippen LogP contribution in [-0.4, -0.2) is 221 Å². The molecule has 0 aliphatic carbocycles. The van der Waals surface area contributed by atoms with Crippen molar-refractivity contribution in [3.05, 3.63) is 47.7 Å². The number of rotatable bonds is 32. The number of carboxylic acid groups (broad SMARTS) is 1. The van der Waals surface area contributed by atoms with Crippen LogP contribution in [0.15, 0.2) is 42.1 Å². The van der Waals surface area contributed by atoms with Crippen molar-refractivity contribution in [1.29, 1.82) is 0 Å². The van der Waals surface area contributed by atoms with Crippen molar-refractivity contribution in [1.82, 2.24) is 53.2 Å². The Balaban J connectivity index is 2.92. The number of cyclic esters (lactones) is 1. The Kier molecular flexibility index (Phi) is 39.8. The average molecular weight is 1370 g/mol. The summed E-state index contributed by atoms with van der Waals surface area (Å²) in [7, 11) is 1.05. The maximum atomic E-state index is 14.7. The Morgan fingerprint density at radius 2 is 1.19 bits per heavy atom. The van der Waals surface area contributed by atoms with Crippen molar-refractivity contribution in [2.24, 2.45) is 17.2 Å². The number of carbonyl (C=O) groups excluding carboxylic acids is 12. The molecule has 34 heteroatoms. The third kappa shape index (κ3) is 30.6. The van der Waals surface area contributed by atoms with Gasteiger partial charge in [0.15, 0.2) is 12.1 Å². The third-order valence-electron chi connectivity index (χ3n) is 15.1. The Bertz CT molecular complexity index is 2710. The van der Waals surface area contributed by atoms with Gasteiger partial charge in [0.1, 0.15) is 60.6 Å². The average Bonchev–Trinajstić information content (AvgIpc) is 1.06. The Labute approximate surface area is 556 Å². The summed E-state index contributed by atoms with van der Waals surface area (Å²) in [4.78, 5) is 181. The number of esters is 2. The van der Waals surface area contributed by atoms with Crippen LogP contribution in [0.4, 0.5) is 0 Å². The first-order chi connectivity index (χ1) is 45.2. The van der Waals surface area contributed by atoms with E-state index in [0.717, 1.165) is 71.5 Å². The molecule has 13 atom stereocenters. The lowest BCUT2D eigenvalue weighted by Crippen LogP contribution is -2.63. The summed E-state index contributed by atoms with van der Waals surface area (Å²) in [6, 6.07) is -9.34. The van der Waals surface area contributed by atoms with E-state index in [1.165, 1.54) is 6.92 Å². The number of alkyl halides is 1. The van der Waals surface area contributed by atoms with E-state index < -0.39 is 213 Å². The first-order valence-electron chi connectivity index (χ1n) is 31.8. The van der Waals surface area contributed by atoms with Crippen LogP contribution in [0.5, 0.6) is 0 Å². The number of nitrogens with one attached hydrogen (secondary N) is 10. The number of aliphatic hydroxyl groups is 4. The first kappa shape index (κ1) is 83.2. The molecule has 1 saturated heterocycles. The summed E-state index contributed by atoms with van der Waals surface area (Å²) in [5, 5.41) is 76.1. The van der Waals surface area contributed by atoms with Gasteiger partial charge in [-0.3, -0.25) is 47.9 Å². The zero-order valence-electron chi connectivity index (χ0n) is 54.2. The number of methoxy groups -OCH3 is 1. The summed E-state index contributed by atoms with van der Waals surface area (Å²) in [6.07, 6.45) is -0.838. The molecule has 2 rings (SSSR count). The van der Waals surface area contributed by atoms with E-state index in [4.69, 9.17) is 38.3 Å². The lowest BCUT2D eigenvalue weighted by molar-refractivity contribution is -0.153. The molecule has 534 valence electrons. The SMILES string of the molecule is C/C=C1/NC(=O)C([C@H](C)O)NC(=O)[C@H](CCN)NC(=O)C([C@H](O)C(=O)O)NC(=O)C(CCCCN)NC(=O)[C@H](CC(=O)N[C@@H](Cc2ccccc2)C(=O)OC)NC(=O)C(CCN)NC(=O)C(NC(=O)C[C@H](O)CCCCCCCCCCC)COC(=O)C([C@H](O)CCl)NC1=O. The largest absolute Gasteiger partial charge is 0.479 e. The zero-order chi connectivity index (χ0) is 71.2. The molecule has 1 aromatic carbocycles. The summed E-state index contributed by atoms with van der Waals surface area (Å²) < 4.78 is 10.3. The van der Waals surface area contributed by atoms with Crippen LogP contribution in [0.1, 0.15) is 135 Å². The van der Waals surface area contributed by atoms with Gasteiger partial charge in [-0.05, 0) is 77.6 Å². The highest BCUT2D eigenvalue weighted by Gasteiger charge is 2.41. The standard InChI is InChI=1S/C61H98ClN13O20/c1-5-7-8-9-10-11-12-13-17-22-36(77)30-45(79)67-43-33-95-61(93)48(44(78)32-62)74-51(82)37(6-2)68-57(88)47(34(3)76)73-54(85)40(25-28-65)71-58(89)49(50(81)59(90)91)75-53(84)38(23-18-19-26-63)69-55(86)41(72-52(83)39(24-27-64)70-56(43)87)31-46(80)66-42(60(92)94-4)29-35-20-15-14-16-21-35/h6,14-16,20-21,34,36,38-44,47-50,76-78,81H,5,7-13,17-19,22-33,63-65H2,1-4H3,(H,66,80)(H,67,79)(H,68,88)(H,69,86)(H,70,87)(H,71,89)(H,72,83)(H,73,85)(H,74,82)(H,75,84)(H,90,91)/b37-6+/t34-,36+,38?,39?,40-,41-,42-,43?,44+,47?,48?,49?,50-/m0/s1. The number of allylic oxidation sites excluding steroid dienone is 1. The van der Waals surface area contributed by atoms with Crippen LogP contribution in [0.25, 0.3) is 0 Å². The van der Waals surface area contributed by atoms with E-state index in [-0.39, 0.29) is 38.6 Å². The number of benzene rings is 1. The van der Waals surface area contributed by atoms with Crippen LogP contribution < -0.4 is 70.4 Å². The van der Waals surface area contributed by atoms with Gasteiger partial charge in [0.25, 0.3) is 5.91 Å². The lowest BCUT2D eigenvalue weighted by atomic mass is 10.0. The van der Waals surface area contributed by atoms with Gasteiger partial charge in [-0.1, -0.05) is 101 Å². The van der Waals surface area contributed by atoms with E-state index in [2.05, 4.69) is 60.1 Å². The smallest absolute Gasteiger partial charge is 0.335 e. The van der Waals surface area contributed by atoms with Crippen LogP contribution in [-0.2, 0) is 78.2 Å². The quantitative estimate of drug-likeness (QED) is 0.0140. The Morgan fingerprint density at radius 1 is 0.653 bits per heavy atom. The van der Waals surface area contributed by atoms with Gasteiger partial charge >= 0.3 is 17.9 Å². The second-order valence-corrected chi connectivity index (χ2v) is 23.1. The zero-order valence-corrected chi connectivity index (χ0v) is 55.0. The molecule has 0 bridgehead atoms. The number of aliphatic hydroxyl groups excluding tert-OH is 4.